The number of aliphatic hydroxyl groups excluding tert-OH is 2. The van der Waals surface area contributed by atoms with Crippen LogP contribution >= 0.6 is 0 Å². The van der Waals surface area contributed by atoms with E-state index in [1.807, 2.05) is 0 Å². The largest absolute Gasteiger partial charge is 0.393 e. The Morgan fingerprint density at radius 1 is 0.900 bits per heavy atom. The summed E-state index contributed by atoms with van der Waals surface area (Å²) in [7, 11) is 0. The van der Waals surface area contributed by atoms with E-state index in [2.05, 4.69) is 34.6 Å². The first kappa shape index (κ1) is 23.1. The lowest BCUT2D eigenvalue weighted by Gasteiger charge is -2.65. The van der Waals surface area contributed by atoms with E-state index in [-0.39, 0.29) is 5.41 Å². The minimum Gasteiger partial charge on any atom is -0.393 e. The highest BCUT2D eigenvalue weighted by Crippen LogP contribution is 2.69. The summed E-state index contributed by atoms with van der Waals surface area (Å²) in [4.78, 5) is 0. The van der Waals surface area contributed by atoms with Crippen molar-refractivity contribution < 1.29 is 15.3 Å². The fourth-order valence-corrected chi connectivity index (χ4v) is 9.29. The third kappa shape index (κ3) is 3.41. The molecule has 0 saturated heterocycles. The Balaban J connectivity index is 1.53. The van der Waals surface area contributed by atoms with Crippen LogP contribution < -0.4 is 0 Å². The van der Waals surface area contributed by atoms with Crippen molar-refractivity contribution in [1.82, 2.24) is 0 Å². The van der Waals surface area contributed by atoms with Crippen molar-refractivity contribution >= 4 is 0 Å². The summed E-state index contributed by atoms with van der Waals surface area (Å²) >= 11 is 0. The summed E-state index contributed by atoms with van der Waals surface area (Å²) in [6.45, 7) is 12.0. The molecule has 0 bridgehead atoms. The van der Waals surface area contributed by atoms with Crippen molar-refractivity contribution in [3.8, 4) is 0 Å². The molecule has 0 amide bonds. The molecule has 174 valence electrons. The zero-order valence-corrected chi connectivity index (χ0v) is 20.2. The Labute approximate surface area is 185 Å². The van der Waals surface area contributed by atoms with Crippen molar-refractivity contribution in [3.63, 3.8) is 0 Å². The van der Waals surface area contributed by atoms with Gasteiger partial charge in [-0.2, -0.15) is 0 Å². The second-order valence-electron chi connectivity index (χ2n) is 12.9. The molecular formula is C27H48O3. The van der Waals surface area contributed by atoms with Crippen LogP contribution in [0.1, 0.15) is 105 Å². The van der Waals surface area contributed by atoms with Gasteiger partial charge in [-0.3, -0.25) is 0 Å². The lowest BCUT2D eigenvalue weighted by atomic mass is 9.42. The molecule has 0 aromatic rings. The van der Waals surface area contributed by atoms with Gasteiger partial charge in [-0.1, -0.05) is 53.9 Å². The number of fused-ring (bicyclic) bond motifs is 5. The summed E-state index contributed by atoms with van der Waals surface area (Å²) < 4.78 is 0. The smallest absolute Gasteiger partial charge is 0.0985 e. The summed E-state index contributed by atoms with van der Waals surface area (Å²) in [6, 6.07) is 0. The van der Waals surface area contributed by atoms with E-state index in [1.54, 1.807) is 0 Å². The fourth-order valence-electron chi connectivity index (χ4n) is 9.29. The molecule has 4 rings (SSSR count). The van der Waals surface area contributed by atoms with Crippen molar-refractivity contribution in [2.24, 2.45) is 46.3 Å². The number of hydrogen-bond donors (Lipinski definition) is 3. The topological polar surface area (TPSA) is 60.7 Å². The first-order chi connectivity index (χ1) is 14.0. The van der Waals surface area contributed by atoms with Gasteiger partial charge in [-0.05, 0) is 85.9 Å². The van der Waals surface area contributed by atoms with E-state index < -0.39 is 17.8 Å². The van der Waals surface area contributed by atoms with Crippen LogP contribution in [0.25, 0.3) is 0 Å². The third-order valence-corrected chi connectivity index (χ3v) is 11.0. The summed E-state index contributed by atoms with van der Waals surface area (Å²) in [5.74, 6) is 4.13. The molecule has 3 heteroatoms. The molecule has 4 saturated carbocycles. The van der Waals surface area contributed by atoms with Gasteiger partial charge in [0.25, 0.3) is 0 Å². The standard InChI is InChI=1S/C27H48O3/c1-17(2)7-6-8-18(3)21-9-10-22-20-15-24(29)27(30)16-19(28)11-14-26(27,5)23(20)12-13-25(21,22)4/h17-24,28-30H,6-16H2,1-5H3/t18-,19-,20+,21-,22+,23+,24-,25-,26-,27+/m1/s1. The molecule has 30 heavy (non-hydrogen) atoms. The Bertz CT molecular complexity index is 619. The van der Waals surface area contributed by atoms with Crippen LogP contribution in [0.5, 0.6) is 0 Å². The van der Waals surface area contributed by atoms with Gasteiger partial charge < -0.3 is 15.3 Å². The zero-order valence-electron chi connectivity index (χ0n) is 20.2. The first-order valence-electron chi connectivity index (χ1n) is 13.1. The third-order valence-electron chi connectivity index (χ3n) is 11.0. The lowest BCUT2D eigenvalue weighted by Crippen LogP contribution is -2.68. The van der Waals surface area contributed by atoms with E-state index in [1.165, 1.54) is 44.9 Å². The van der Waals surface area contributed by atoms with Crippen LogP contribution in [0.15, 0.2) is 0 Å². The molecule has 4 aliphatic carbocycles. The summed E-state index contributed by atoms with van der Waals surface area (Å²) in [5.41, 5.74) is -0.962. The van der Waals surface area contributed by atoms with E-state index in [0.717, 1.165) is 37.0 Å². The van der Waals surface area contributed by atoms with E-state index in [9.17, 15) is 15.3 Å². The first-order valence-corrected chi connectivity index (χ1v) is 13.1. The van der Waals surface area contributed by atoms with Crippen molar-refractivity contribution in [1.29, 1.82) is 0 Å². The van der Waals surface area contributed by atoms with Gasteiger partial charge in [0, 0.05) is 11.8 Å². The minimum absolute atomic E-state index is 0.253. The molecule has 0 radical (unpaired) electrons. The molecule has 0 aliphatic heterocycles. The molecule has 4 fully saturated rings. The van der Waals surface area contributed by atoms with Crippen LogP contribution in [-0.4, -0.2) is 33.1 Å². The maximum atomic E-state index is 11.6. The van der Waals surface area contributed by atoms with Gasteiger partial charge in [0.2, 0.25) is 0 Å². The van der Waals surface area contributed by atoms with Gasteiger partial charge >= 0.3 is 0 Å². The van der Waals surface area contributed by atoms with Gasteiger partial charge in [-0.15, -0.1) is 0 Å². The molecule has 4 aliphatic rings. The maximum Gasteiger partial charge on any atom is 0.0985 e. The van der Waals surface area contributed by atoms with Gasteiger partial charge in [0.1, 0.15) is 0 Å². The monoisotopic (exact) mass is 420 g/mol. The van der Waals surface area contributed by atoms with Gasteiger partial charge in [0.15, 0.2) is 0 Å². The van der Waals surface area contributed by atoms with Crippen molar-refractivity contribution in [2.75, 3.05) is 0 Å². The van der Waals surface area contributed by atoms with Crippen LogP contribution in [0, 0.1) is 46.3 Å². The Kier molecular flexibility index (Phi) is 6.17. The van der Waals surface area contributed by atoms with Crippen molar-refractivity contribution in [2.45, 2.75) is 123 Å². The van der Waals surface area contributed by atoms with Crippen LogP contribution in [0.2, 0.25) is 0 Å². The Morgan fingerprint density at radius 3 is 2.33 bits per heavy atom. The average molecular weight is 421 g/mol. The SMILES string of the molecule is CC(C)CCC[C@@H](C)[C@H]1CC[C@H]2[C@@H]3C[C@@H](O)[C@@]4(O)C[C@H](O)CC[C@]4(C)[C@H]3CC[C@]12C. The predicted octanol–water partition coefficient (Wildman–Crippen LogP) is 5.55. The zero-order chi connectivity index (χ0) is 21.9. The number of hydrogen-bond acceptors (Lipinski definition) is 3. The lowest BCUT2D eigenvalue weighted by molar-refractivity contribution is -0.264. The molecule has 0 spiro atoms. The van der Waals surface area contributed by atoms with E-state index >= 15 is 0 Å². The minimum atomic E-state index is -1.11. The van der Waals surface area contributed by atoms with Crippen LogP contribution in [0.4, 0.5) is 0 Å². The highest BCUT2D eigenvalue weighted by molar-refractivity contribution is 5.17. The quantitative estimate of drug-likeness (QED) is 0.546. The molecule has 0 aromatic carbocycles. The molecule has 3 nitrogen and oxygen atoms in total. The summed E-state index contributed by atoms with van der Waals surface area (Å²) in [6.07, 6.45) is 10.7. The van der Waals surface area contributed by atoms with Crippen molar-refractivity contribution in [3.05, 3.63) is 0 Å². The molecule has 10 atom stereocenters. The predicted molar refractivity (Wildman–Crippen MR) is 122 cm³/mol. The van der Waals surface area contributed by atoms with Crippen LogP contribution in [0.3, 0.4) is 0 Å². The molecular weight excluding hydrogens is 372 g/mol. The Hall–Kier alpha value is -0.120. The van der Waals surface area contributed by atoms with Gasteiger partial charge in [-0.25, -0.2) is 0 Å². The number of aliphatic hydroxyl groups is 3. The fraction of sp³-hybridized carbons (Fsp3) is 1.00. The second kappa shape index (κ2) is 8.03. The Morgan fingerprint density at radius 2 is 1.63 bits per heavy atom. The second-order valence-corrected chi connectivity index (χ2v) is 12.9. The summed E-state index contributed by atoms with van der Waals surface area (Å²) in [5, 5.41) is 33.0. The highest BCUT2D eigenvalue weighted by Gasteiger charge is 2.67. The molecule has 3 N–H and O–H groups in total. The maximum absolute atomic E-state index is 11.6. The molecule has 0 heterocycles. The van der Waals surface area contributed by atoms with Crippen LogP contribution in [-0.2, 0) is 0 Å². The van der Waals surface area contributed by atoms with E-state index in [0.29, 0.717) is 29.6 Å². The highest BCUT2D eigenvalue weighted by atomic mass is 16.3. The molecule has 0 unspecified atom stereocenters. The normalized spacial score (nSPS) is 51.9. The average Bonchev–Trinajstić information content (AvgIpc) is 3.01. The molecule has 0 aromatic heterocycles. The number of rotatable bonds is 5. The van der Waals surface area contributed by atoms with Gasteiger partial charge in [0.05, 0.1) is 17.8 Å². The van der Waals surface area contributed by atoms with E-state index in [4.69, 9.17) is 0 Å².